The van der Waals surface area contributed by atoms with Crippen molar-refractivity contribution in [1.29, 1.82) is 0 Å². The maximum absolute atomic E-state index is 12.6. The summed E-state index contributed by atoms with van der Waals surface area (Å²) < 4.78 is 3.43. The average Bonchev–Trinajstić information content (AvgIpc) is 3.29. The molecule has 0 aliphatic rings. The van der Waals surface area contributed by atoms with Crippen LogP contribution in [0.1, 0.15) is 34.6 Å². The van der Waals surface area contributed by atoms with Gasteiger partial charge >= 0.3 is 0 Å². The Bertz CT molecular complexity index is 1190. The van der Waals surface area contributed by atoms with E-state index in [4.69, 9.17) is 23.2 Å². The van der Waals surface area contributed by atoms with E-state index in [1.165, 1.54) is 4.68 Å². The summed E-state index contributed by atoms with van der Waals surface area (Å²) in [6.07, 6.45) is 4.38. The lowest BCUT2D eigenvalue weighted by atomic mass is 10.3. The number of pyridine rings is 1. The third-order valence-electron chi connectivity index (χ3n) is 4.44. The minimum Gasteiger partial charge on any atom is -0.344 e. The van der Waals surface area contributed by atoms with Crippen LogP contribution in [0.2, 0.25) is 10.0 Å². The van der Waals surface area contributed by atoms with Crippen LogP contribution in [0.4, 0.5) is 0 Å². The van der Waals surface area contributed by atoms with Gasteiger partial charge in [0.15, 0.2) is 0 Å². The molecule has 1 amide bonds. The van der Waals surface area contributed by atoms with Crippen molar-refractivity contribution in [3.8, 4) is 5.69 Å². The van der Waals surface area contributed by atoms with Crippen molar-refractivity contribution in [3.63, 3.8) is 0 Å². The van der Waals surface area contributed by atoms with E-state index in [0.717, 1.165) is 16.9 Å². The molecule has 0 aliphatic heterocycles. The molecule has 0 bridgehead atoms. The topological polar surface area (TPSA) is 77.1 Å². The van der Waals surface area contributed by atoms with E-state index in [0.29, 0.717) is 28.0 Å². The third kappa shape index (κ3) is 3.83. The highest BCUT2D eigenvalue weighted by Crippen LogP contribution is 2.28. The number of aryl methyl sites for hydroxylation is 2. The van der Waals surface area contributed by atoms with Crippen LogP contribution in [0, 0.1) is 6.92 Å². The van der Waals surface area contributed by atoms with E-state index in [-0.39, 0.29) is 12.4 Å². The average molecular weight is 429 g/mol. The summed E-state index contributed by atoms with van der Waals surface area (Å²) in [6.45, 7) is 4.20. The fraction of sp³-hybridized carbons (Fsp3) is 0.200. The van der Waals surface area contributed by atoms with Gasteiger partial charge in [0.2, 0.25) is 5.82 Å². The highest BCUT2D eigenvalue weighted by atomic mass is 35.5. The van der Waals surface area contributed by atoms with Gasteiger partial charge in [-0.2, -0.15) is 0 Å². The monoisotopic (exact) mass is 428 g/mol. The number of carbonyl (C=O) groups is 1. The fourth-order valence-electron chi connectivity index (χ4n) is 3.01. The number of carbonyl (C=O) groups excluding carboxylic acids is 1. The first-order chi connectivity index (χ1) is 14.0. The number of hydrogen-bond acceptors (Lipinski definition) is 4. The van der Waals surface area contributed by atoms with Crippen LogP contribution in [0.3, 0.4) is 0 Å². The summed E-state index contributed by atoms with van der Waals surface area (Å²) in [7, 11) is 0. The number of para-hydroxylation sites is 1. The number of nitrogens with one attached hydrogen (secondary N) is 1. The molecule has 9 heteroatoms. The highest BCUT2D eigenvalue weighted by Gasteiger charge is 2.19. The van der Waals surface area contributed by atoms with Crippen LogP contribution >= 0.6 is 23.2 Å². The number of benzene rings is 1. The maximum Gasteiger partial charge on any atom is 0.291 e. The summed E-state index contributed by atoms with van der Waals surface area (Å²) in [5.74, 6) is 0.251. The standard InChI is InChI=1S/C20H18Cl2N6O/c1-3-16-25-19(26-28(16)18-14(21)5-4-6-15(18)22)20(29)23-10-13-11-27-8-7-12(2)9-17(27)24-13/h4-9,11H,3,10H2,1-2H3,(H,23,29). The number of nitrogens with zero attached hydrogens (tertiary/aromatic N) is 5. The molecule has 0 atom stereocenters. The molecule has 0 saturated carbocycles. The van der Waals surface area contributed by atoms with Crippen molar-refractivity contribution in [3.05, 3.63) is 75.7 Å². The lowest BCUT2D eigenvalue weighted by molar-refractivity contribution is 0.0940. The SMILES string of the molecule is CCc1nc(C(=O)NCc2cn3ccc(C)cc3n2)nn1-c1c(Cl)cccc1Cl. The van der Waals surface area contributed by atoms with Crippen LogP contribution in [-0.2, 0) is 13.0 Å². The molecule has 1 N–H and O–H groups in total. The molecule has 0 fully saturated rings. The van der Waals surface area contributed by atoms with Crippen molar-refractivity contribution in [2.45, 2.75) is 26.8 Å². The Morgan fingerprint density at radius 3 is 2.66 bits per heavy atom. The Balaban J connectivity index is 1.56. The molecule has 29 heavy (non-hydrogen) atoms. The molecule has 0 aliphatic carbocycles. The molecule has 7 nitrogen and oxygen atoms in total. The van der Waals surface area contributed by atoms with Crippen LogP contribution in [0.25, 0.3) is 11.3 Å². The van der Waals surface area contributed by atoms with Gasteiger partial charge < -0.3 is 9.72 Å². The summed E-state index contributed by atoms with van der Waals surface area (Å²) in [5, 5.41) is 8.02. The minimum absolute atomic E-state index is 0.0532. The second-order valence-electron chi connectivity index (χ2n) is 6.57. The first-order valence-electron chi connectivity index (χ1n) is 9.09. The Kier molecular flexibility index (Phi) is 5.25. The molecular weight excluding hydrogens is 411 g/mol. The van der Waals surface area contributed by atoms with Crippen molar-refractivity contribution in [2.75, 3.05) is 0 Å². The van der Waals surface area contributed by atoms with E-state index in [1.807, 2.05) is 42.8 Å². The number of halogens is 2. The summed E-state index contributed by atoms with van der Waals surface area (Å²) in [6, 6.07) is 9.17. The van der Waals surface area contributed by atoms with Crippen LogP contribution in [0.15, 0.2) is 42.7 Å². The van der Waals surface area contributed by atoms with E-state index < -0.39 is 5.91 Å². The van der Waals surface area contributed by atoms with Gasteiger partial charge in [-0.3, -0.25) is 4.79 Å². The summed E-state index contributed by atoms with van der Waals surface area (Å²) in [5.41, 5.74) is 3.21. The van der Waals surface area contributed by atoms with E-state index in [9.17, 15) is 4.79 Å². The van der Waals surface area contributed by atoms with Crippen molar-refractivity contribution >= 4 is 34.8 Å². The van der Waals surface area contributed by atoms with Crippen LogP contribution in [0.5, 0.6) is 0 Å². The van der Waals surface area contributed by atoms with E-state index in [2.05, 4.69) is 20.4 Å². The molecule has 4 rings (SSSR count). The zero-order chi connectivity index (χ0) is 20.5. The molecule has 4 aromatic rings. The number of amides is 1. The predicted molar refractivity (Wildman–Crippen MR) is 112 cm³/mol. The summed E-state index contributed by atoms with van der Waals surface area (Å²) in [4.78, 5) is 21.5. The summed E-state index contributed by atoms with van der Waals surface area (Å²) >= 11 is 12.6. The molecule has 0 radical (unpaired) electrons. The Hall–Kier alpha value is -2.90. The molecule has 0 spiro atoms. The van der Waals surface area contributed by atoms with Gasteiger partial charge in [0.05, 0.1) is 22.3 Å². The van der Waals surface area contributed by atoms with Crippen LogP contribution < -0.4 is 5.32 Å². The number of hydrogen-bond donors (Lipinski definition) is 1. The van der Waals surface area contributed by atoms with Gasteiger partial charge in [0.1, 0.15) is 17.2 Å². The Labute approximate surface area is 177 Å². The molecule has 3 aromatic heterocycles. The normalized spacial score (nSPS) is 11.2. The van der Waals surface area contributed by atoms with E-state index in [1.54, 1.807) is 18.2 Å². The quantitative estimate of drug-likeness (QED) is 0.520. The molecular formula is C20H18Cl2N6O. The molecule has 148 valence electrons. The van der Waals surface area contributed by atoms with Gasteiger partial charge in [-0.15, -0.1) is 5.10 Å². The number of rotatable bonds is 5. The second-order valence-corrected chi connectivity index (χ2v) is 7.39. The second kappa shape index (κ2) is 7.85. The van der Waals surface area contributed by atoms with Gasteiger partial charge in [-0.1, -0.05) is 36.2 Å². The van der Waals surface area contributed by atoms with Crippen LogP contribution in [-0.4, -0.2) is 30.1 Å². The molecule has 0 saturated heterocycles. The Morgan fingerprint density at radius 1 is 1.17 bits per heavy atom. The van der Waals surface area contributed by atoms with Gasteiger partial charge in [0.25, 0.3) is 5.91 Å². The molecule has 3 heterocycles. The first kappa shape index (κ1) is 19.4. The van der Waals surface area contributed by atoms with Crippen molar-refractivity contribution in [2.24, 2.45) is 0 Å². The lowest BCUT2D eigenvalue weighted by Crippen LogP contribution is -2.24. The maximum atomic E-state index is 12.6. The zero-order valence-corrected chi connectivity index (χ0v) is 17.4. The number of imidazole rings is 1. The largest absolute Gasteiger partial charge is 0.344 e. The van der Waals surface area contributed by atoms with Gasteiger partial charge in [-0.25, -0.2) is 14.6 Å². The highest BCUT2D eigenvalue weighted by molar-refractivity contribution is 6.37. The number of fused-ring (bicyclic) bond motifs is 1. The lowest BCUT2D eigenvalue weighted by Gasteiger charge is -2.08. The fourth-order valence-corrected chi connectivity index (χ4v) is 3.57. The number of aromatic nitrogens is 5. The van der Waals surface area contributed by atoms with E-state index >= 15 is 0 Å². The van der Waals surface area contributed by atoms with Gasteiger partial charge in [0, 0.05) is 18.8 Å². The van der Waals surface area contributed by atoms with Crippen molar-refractivity contribution < 1.29 is 4.79 Å². The zero-order valence-electron chi connectivity index (χ0n) is 15.9. The van der Waals surface area contributed by atoms with Crippen molar-refractivity contribution in [1.82, 2.24) is 29.5 Å². The Morgan fingerprint density at radius 2 is 1.93 bits per heavy atom. The first-order valence-corrected chi connectivity index (χ1v) is 9.84. The predicted octanol–water partition coefficient (Wildman–Crippen LogP) is 4.02. The third-order valence-corrected chi connectivity index (χ3v) is 5.05. The smallest absolute Gasteiger partial charge is 0.291 e. The van der Waals surface area contributed by atoms with Gasteiger partial charge in [-0.05, 0) is 36.8 Å². The minimum atomic E-state index is -0.394. The molecule has 0 unspecified atom stereocenters. The molecule has 1 aromatic carbocycles.